The van der Waals surface area contributed by atoms with Crippen LogP contribution in [0.15, 0.2) is 227 Å². The van der Waals surface area contributed by atoms with Crippen LogP contribution in [0.5, 0.6) is 0 Å². The highest BCUT2D eigenvalue weighted by atomic mass is 32.1. The summed E-state index contributed by atoms with van der Waals surface area (Å²) in [6, 6.07) is 77.6. The van der Waals surface area contributed by atoms with Gasteiger partial charge >= 0.3 is 0 Å². The van der Waals surface area contributed by atoms with E-state index in [2.05, 4.69) is 162 Å². The van der Waals surface area contributed by atoms with E-state index in [0.29, 0.717) is 17.5 Å². The maximum absolute atomic E-state index is 6.43. The summed E-state index contributed by atoms with van der Waals surface area (Å²) in [5, 5.41) is 13.6. The van der Waals surface area contributed by atoms with Crippen molar-refractivity contribution < 1.29 is 8.83 Å². The Labute approximate surface area is 414 Å². The monoisotopic (exact) mass is 936 g/mol. The highest BCUT2D eigenvalue weighted by Crippen LogP contribution is 2.45. The average molecular weight is 937 g/mol. The SMILES string of the molecule is c1ccc2cc3c(cc2c1)c1ccc2ccccc2c1n3-c1ccc(-c2nc(-c3cccc4oc5ccccc5c34)nc(-c3cccc4oc5ccccc5c34)n2)cc1-c1ccc2sc3ccccc3c2c1. The van der Waals surface area contributed by atoms with E-state index < -0.39 is 0 Å². The van der Waals surface area contributed by atoms with Crippen LogP contribution in [0, 0.1) is 0 Å². The largest absolute Gasteiger partial charge is 0.456 e. The van der Waals surface area contributed by atoms with Gasteiger partial charge in [0.25, 0.3) is 0 Å². The van der Waals surface area contributed by atoms with Crippen molar-refractivity contribution in [3.8, 4) is 51.0 Å². The molecule has 0 aliphatic rings. The molecule has 0 atom stereocenters. The van der Waals surface area contributed by atoms with E-state index in [1.165, 1.54) is 58.0 Å². The summed E-state index contributed by atoms with van der Waals surface area (Å²) in [5.41, 5.74) is 11.3. The van der Waals surface area contributed by atoms with Crippen LogP contribution in [0.25, 0.3) is 158 Å². The molecule has 6 nitrogen and oxygen atoms in total. The molecule has 0 bridgehead atoms. The molecule has 0 saturated carbocycles. The number of para-hydroxylation sites is 2. The second-order valence-electron chi connectivity index (χ2n) is 18.6. The predicted octanol–water partition coefficient (Wildman–Crippen LogP) is 18.1. The molecule has 0 aliphatic carbocycles. The Morgan fingerprint density at radius 2 is 0.903 bits per heavy atom. The fourth-order valence-electron chi connectivity index (χ4n) is 11.4. The van der Waals surface area contributed by atoms with Gasteiger partial charge < -0.3 is 13.4 Å². The minimum atomic E-state index is 0.550. The molecule has 0 N–H and O–H groups in total. The molecular formula is C65H36N4O2S. The molecule has 0 saturated heterocycles. The van der Waals surface area contributed by atoms with Crippen molar-refractivity contribution in [2.24, 2.45) is 0 Å². The van der Waals surface area contributed by atoms with Gasteiger partial charge in [-0.15, -0.1) is 11.3 Å². The Morgan fingerprint density at radius 1 is 0.333 bits per heavy atom. The molecule has 0 aliphatic heterocycles. The van der Waals surface area contributed by atoms with Crippen LogP contribution in [0.2, 0.25) is 0 Å². The van der Waals surface area contributed by atoms with Crippen LogP contribution in [-0.4, -0.2) is 19.5 Å². The first-order valence-corrected chi connectivity index (χ1v) is 25.0. The van der Waals surface area contributed by atoms with Crippen molar-refractivity contribution in [3.63, 3.8) is 0 Å². The number of hydrogen-bond donors (Lipinski definition) is 0. The second kappa shape index (κ2) is 15.0. The van der Waals surface area contributed by atoms with Gasteiger partial charge in [-0.2, -0.15) is 0 Å². The summed E-state index contributed by atoms with van der Waals surface area (Å²) < 4.78 is 17.9. The van der Waals surface area contributed by atoms with Gasteiger partial charge in [0.15, 0.2) is 17.5 Å². The molecule has 72 heavy (non-hydrogen) atoms. The topological polar surface area (TPSA) is 69.9 Å². The summed E-state index contributed by atoms with van der Waals surface area (Å²) in [5.74, 6) is 1.65. The highest BCUT2D eigenvalue weighted by molar-refractivity contribution is 7.25. The maximum atomic E-state index is 6.43. The van der Waals surface area contributed by atoms with E-state index in [9.17, 15) is 0 Å². The lowest BCUT2D eigenvalue weighted by Crippen LogP contribution is -2.02. The number of fused-ring (bicyclic) bond motifs is 15. The van der Waals surface area contributed by atoms with E-state index in [1.807, 2.05) is 72.0 Å². The van der Waals surface area contributed by atoms with Gasteiger partial charge in [0.1, 0.15) is 22.3 Å². The minimum absolute atomic E-state index is 0.550. The van der Waals surface area contributed by atoms with Crippen LogP contribution < -0.4 is 0 Å². The van der Waals surface area contributed by atoms with Crippen molar-refractivity contribution >= 4 is 119 Å². The molecule has 0 unspecified atom stereocenters. The first kappa shape index (κ1) is 39.4. The van der Waals surface area contributed by atoms with Gasteiger partial charge in [-0.05, 0) is 94.5 Å². The minimum Gasteiger partial charge on any atom is -0.456 e. The van der Waals surface area contributed by atoms with E-state index in [0.717, 1.165) is 82.9 Å². The first-order chi connectivity index (χ1) is 35.7. The predicted molar refractivity (Wildman–Crippen MR) is 298 cm³/mol. The maximum Gasteiger partial charge on any atom is 0.164 e. The second-order valence-corrected chi connectivity index (χ2v) is 19.7. The number of aromatic nitrogens is 4. The zero-order valence-electron chi connectivity index (χ0n) is 38.3. The van der Waals surface area contributed by atoms with Crippen molar-refractivity contribution in [2.45, 2.75) is 0 Å². The van der Waals surface area contributed by atoms with Crippen molar-refractivity contribution in [3.05, 3.63) is 218 Å². The van der Waals surface area contributed by atoms with Crippen molar-refractivity contribution in [2.75, 3.05) is 0 Å². The lowest BCUT2D eigenvalue weighted by Gasteiger charge is -2.17. The zero-order chi connectivity index (χ0) is 47.0. The molecule has 5 heterocycles. The molecule has 7 heteroatoms. The Hall–Kier alpha value is -9.43. The molecule has 0 fully saturated rings. The van der Waals surface area contributed by atoms with Crippen LogP contribution >= 0.6 is 11.3 Å². The molecule has 334 valence electrons. The summed E-state index contributed by atoms with van der Waals surface area (Å²) in [4.78, 5) is 16.3. The Morgan fingerprint density at radius 3 is 1.62 bits per heavy atom. The van der Waals surface area contributed by atoms with Gasteiger partial charge in [-0.3, -0.25) is 0 Å². The molecule has 16 rings (SSSR count). The van der Waals surface area contributed by atoms with Crippen LogP contribution in [0.3, 0.4) is 0 Å². The summed E-state index contributed by atoms with van der Waals surface area (Å²) in [6.07, 6.45) is 0. The number of thiophene rings is 1. The lowest BCUT2D eigenvalue weighted by molar-refractivity contribution is 0.668. The van der Waals surface area contributed by atoms with E-state index in [4.69, 9.17) is 23.8 Å². The number of furan rings is 2. The summed E-state index contributed by atoms with van der Waals surface area (Å²) in [6.45, 7) is 0. The molecule has 5 aromatic heterocycles. The zero-order valence-corrected chi connectivity index (χ0v) is 39.1. The third kappa shape index (κ3) is 5.80. The quantitative estimate of drug-likeness (QED) is 0.172. The lowest BCUT2D eigenvalue weighted by atomic mass is 9.98. The number of benzene rings is 11. The van der Waals surface area contributed by atoms with Gasteiger partial charge in [-0.25, -0.2) is 15.0 Å². The Balaban J connectivity index is 1.01. The van der Waals surface area contributed by atoms with Gasteiger partial charge in [0, 0.05) is 80.1 Å². The third-order valence-corrected chi connectivity index (χ3v) is 15.8. The van der Waals surface area contributed by atoms with E-state index in [1.54, 1.807) is 0 Å². The van der Waals surface area contributed by atoms with E-state index in [-0.39, 0.29) is 0 Å². The number of nitrogens with zero attached hydrogens (tertiary/aromatic N) is 4. The van der Waals surface area contributed by atoms with Crippen molar-refractivity contribution in [1.29, 1.82) is 0 Å². The Bertz CT molecular complexity index is 4830. The average Bonchev–Trinajstić information content (AvgIpc) is 4.21. The van der Waals surface area contributed by atoms with Gasteiger partial charge in [-0.1, -0.05) is 146 Å². The molecule has 0 spiro atoms. The van der Waals surface area contributed by atoms with Crippen LogP contribution in [0.4, 0.5) is 0 Å². The highest BCUT2D eigenvalue weighted by Gasteiger charge is 2.24. The molecule has 11 aromatic carbocycles. The molecule has 0 radical (unpaired) electrons. The van der Waals surface area contributed by atoms with Crippen LogP contribution in [0.1, 0.15) is 0 Å². The fraction of sp³-hybridized carbons (Fsp3) is 0. The van der Waals surface area contributed by atoms with Gasteiger partial charge in [0.05, 0.1) is 16.7 Å². The number of rotatable bonds is 5. The van der Waals surface area contributed by atoms with Crippen LogP contribution in [-0.2, 0) is 0 Å². The first-order valence-electron chi connectivity index (χ1n) is 24.2. The normalized spacial score (nSPS) is 12.2. The standard InChI is InChI=1S/C65H36N4O2S/c1-2-15-39-36-53-50(33-38(39)14-1)44-30-27-37-13-3-4-16-42(37)62(44)69(53)52-31-28-41(35-49(52)40-29-32-59-51(34-40)43-17-7-10-26-58(43)72-59)63-66-64(47-20-11-24-56-60(47)45-18-5-8-22-54(45)70-56)68-65(67-63)48-21-12-25-57-61(48)46-19-6-9-23-55(46)71-57/h1-36H. The summed E-state index contributed by atoms with van der Waals surface area (Å²) in [7, 11) is 0. The summed E-state index contributed by atoms with van der Waals surface area (Å²) >= 11 is 1.83. The van der Waals surface area contributed by atoms with Crippen molar-refractivity contribution in [1.82, 2.24) is 19.5 Å². The Kier molecular flexibility index (Phi) is 8.23. The molecular weight excluding hydrogens is 901 g/mol. The van der Waals surface area contributed by atoms with E-state index >= 15 is 0 Å². The smallest absolute Gasteiger partial charge is 0.164 e. The fourth-order valence-corrected chi connectivity index (χ4v) is 12.5. The molecule has 16 aromatic rings. The molecule has 0 amide bonds. The number of hydrogen-bond acceptors (Lipinski definition) is 6. The third-order valence-electron chi connectivity index (χ3n) is 14.6. The van der Waals surface area contributed by atoms with Gasteiger partial charge in [0.2, 0.25) is 0 Å².